The van der Waals surface area contributed by atoms with Crippen molar-refractivity contribution < 1.29 is 4.79 Å². The summed E-state index contributed by atoms with van der Waals surface area (Å²) in [5, 5.41) is 0.933. The predicted molar refractivity (Wildman–Crippen MR) is 75.0 cm³/mol. The number of nitrogens with two attached hydrogens (primary N) is 2. The van der Waals surface area contributed by atoms with Crippen LogP contribution in [0.3, 0.4) is 0 Å². The number of piperidine rings is 1. The highest BCUT2D eigenvalue weighted by molar-refractivity contribution is 6.42. The molecule has 0 aromatic heterocycles. The smallest absolute Gasteiger partial charge is 0.220 e. The van der Waals surface area contributed by atoms with Crippen LogP contribution >= 0.6 is 23.2 Å². The maximum absolute atomic E-state index is 11.1. The quantitative estimate of drug-likeness (QED) is 0.820. The largest absolute Gasteiger partial charge is 0.397 e. The maximum Gasteiger partial charge on any atom is 0.220 e. The fourth-order valence-electron chi connectivity index (χ4n) is 2.23. The van der Waals surface area contributed by atoms with Crippen LogP contribution in [-0.4, -0.2) is 19.0 Å². The number of amides is 1. The van der Waals surface area contributed by atoms with E-state index in [2.05, 4.69) is 4.90 Å². The van der Waals surface area contributed by atoms with Gasteiger partial charge in [0.15, 0.2) is 0 Å². The normalized spacial score (nSPS) is 16.9. The number of hydrogen-bond acceptors (Lipinski definition) is 3. The van der Waals surface area contributed by atoms with E-state index in [9.17, 15) is 4.79 Å². The summed E-state index contributed by atoms with van der Waals surface area (Å²) in [5.41, 5.74) is 12.7. The molecule has 0 radical (unpaired) electrons. The first-order valence-electron chi connectivity index (χ1n) is 5.78. The molecule has 0 spiro atoms. The highest BCUT2D eigenvalue weighted by Gasteiger charge is 2.24. The van der Waals surface area contributed by atoms with Crippen molar-refractivity contribution >= 4 is 40.5 Å². The molecule has 4 nitrogen and oxygen atoms in total. The van der Waals surface area contributed by atoms with Gasteiger partial charge in [0.2, 0.25) is 5.91 Å². The van der Waals surface area contributed by atoms with Gasteiger partial charge < -0.3 is 16.4 Å². The third-order valence-electron chi connectivity index (χ3n) is 3.31. The van der Waals surface area contributed by atoms with E-state index in [1.165, 1.54) is 0 Å². The van der Waals surface area contributed by atoms with Crippen molar-refractivity contribution in [1.82, 2.24) is 0 Å². The minimum absolute atomic E-state index is 0.0368. The molecule has 1 saturated heterocycles. The summed E-state index contributed by atoms with van der Waals surface area (Å²) in [4.78, 5) is 13.2. The van der Waals surface area contributed by atoms with E-state index in [0.29, 0.717) is 15.7 Å². The average molecular weight is 288 g/mol. The van der Waals surface area contributed by atoms with Gasteiger partial charge >= 0.3 is 0 Å². The predicted octanol–water partition coefficient (Wildman–Crippen LogP) is 2.28. The Hall–Kier alpha value is -1.13. The lowest BCUT2D eigenvalue weighted by Crippen LogP contribution is -2.38. The van der Waals surface area contributed by atoms with Crippen LogP contribution in [0.25, 0.3) is 0 Å². The Morgan fingerprint density at radius 2 is 1.78 bits per heavy atom. The zero-order valence-electron chi connectivity index (χ0n) is 9.83. The first-order valence-corrected chi connectivity index (χ1v) is 6.53. The molecule has 1 fully saturated rings. The Kier molecular flexibility index (Phi) is 3.88. The van der Waals surface area contributed by atoms with Crippen LogP contribution in [0.1, 0.15) is 12.8 Å². The lowest BCUT2D eigenvalue weighted by Gasteiger charge is -2.33. The molecule has 1 aliphatic rings. The van der Waals surface area contributed by atoms with E-state index in [1.807, 2.05) is 0 Å². The molecule has 1 amide bonds. The Bertz CT molecular complexity index is 471. The summed E-state index contributed by atoms with van der Waals surface area (Å²) in [5.74, 6) is -0.262. The lowest BCUT2D eigenvalue weighted by atomic mass is 9.96. The SMILES string of the molecule is NC(=O)C1CCN(c2cc(Cl)c(Cl)cc2N)CC1. The molecule has 1 heterocycles. The number of carbonyl (C=O) groups excluding carboxylic acids is 1. The van der Waals surface area contributed by atoms with E-state index in [1.54, 1.807) is 12.1 Å². The molecule has 1 aliphatic heterocycles. The van der Waals surface area contributed by atoms with Gasteiger partial charge in [-0.3, -0.25) is 4.79 Å². The van der Waals surface area contributed by atoms with Gasteiger partial charge in [-0.25, -0.2) is 0 Å². The number of carbonyl (C=O) groups is 1. The van der Waals surface area contributed by atoms with Crippen molar-refractivity contribution in [2.75, 3.05) is 23.7 Å². The Labute approximate surface area is 116 Å². The van der Waals surface area contributed by atoms with Crippen LogP contribution in [-0.2, 0) is 4.79 Å². The maximum atomic E-state index is 11.1. The number of rotatable bonds is 2. The van der Waals surface area contributed by atoms with Crippen molar-refractivity contribution in [2.24, 2.45) is 11.7 Å². The molecule has 1 aromatic rings. The van der Waals surface area contributed by atoms with Crippen molar-refractivity contribution in [3.05, 3.63) is 22.2 Å². The van der Waals surface area contributed by atoms with Crippen LogP contribution in [0.4, 0.5) is 11.4 Å². The lowest BCUT2D eigenvalue weighted by molar-refractivity contribution is -0.122. The molecule has 98 valence electrons. The molecule has 6 heteroatoms. The minimum atomic E-state index is -0.225. The first-order chi connectivity index (χ1) is 8.49. The standard InChI is InChI=1S/C12H15Cl2N3O/c13-8-5-10(15)11(6-9(8)14)17-3-1-7(2-4-17)12(16)18/h5-7H,1-4,15H2,(H2,16,18). The van der Waals surface area contributed by atoms with E-state index in [0.717, 1.165) is 31.6 Å². The highest BCUT2D eigenvalue weighted by Crippen LogP contribution is 2.34. The van der Waals surface area contributed by atoms with Gasteiger partial charge in [0.25, 0.3) is 0 Å². The summed E-state index contributed by atoms with van der Waals surface area (Å²) in [6.07, 6.45) is 1.49. The minimum Gasteiger partial charge on any atom is -0.397 e. The average Bonchev–Trinajstić information content (AvgIpc) is 2.34. The number of nitrogens with zero attached hydrogens (tertiary/aromatic N) is 1. The highest BCUT2D eigenvalue weighted by atomic mass is 35.5. The molecule has 0 aliphatic carbocycles. The van der Waals surface area contributed by atoms with Gasteiger partial charge in [-0.15, -0.1) is 0 Å². The molecule has 0 atom stereocenters. The number of benzene rings is 1. The molecular weight excluding hydrogens is 273 g/mol. The molecular formula is C12H15Cl2N3O. The molecule has 2 rings (SSSR count). The fraction of sp³-hybridized carbons (Fsp3) is 0.417. The Morgan fingerprint density at radius 1 is 1.22 bits per heavy atom. The third kappa shape index (κ3) is 2.65. The molecule has 0 unspecified atom stereocenters. The first kappa shape index (κ1) is 13.3. The summed E-state index contributed by atoms with van der Waals surface area (Å²) in [7, 11) is 0. The number of primary amides is 1. The van der Waals surface area contributed by atoms with E-state index < -0.39 is 0 Å². The van der Waals surface area contributed by atoms with Crippen LogP contribution in [0.2, 0.25) is 10.0 Å². The second-order valence-corrected chi connectivity index (χ2v) is 5.30. The van der Waals surface area contributed by atoms with Gasteiger partial charge in [-0.2, -0.15) is 0 Å². The Morgan fingerprint density at radius 3 is 2.33 bits per heavy atom. The molecule has 18 heavy (non-hydrogen) atoms. The van der Waals surface area contributed by atoms with E-state index >= 15 is 0 Å². The van der Waals surface area contributed by atoms with Gasteiger partial charge in [0.1, 0.15) is 0 Å². The second-order valence-electron chi connectivity index (χ2n) is 4.49. The summed E-state index contributed by atoms with van der Waals surface area (Å²) < 4.78 is 0. The van der Waals surface area contributed by atoms with Crippen molar-refractivity contribution in [3.63, 3.8) is 0 Å². The monoisotopic (exact) mass is 287 g/mol. The van der Waals surface area contributed by atoms with E-state index in [-0.39, 0.29) is 11.8 Å². The number of anilines is 2. The van der Waals surface area contributed by atoms with Gasteiger partial charge in [-0.1, -0.05) is 23.2 Å². The molecule has 0 saturated carbocycles. The van der Waals surface area contributed by atoms with Crippen LogP contribution in [0.5, 0.6) is 0 Å². The van der Waals surface area contributed by atoms with Crippen LogP contribution < -0.4 is 16.4 Å². The zero-order chi connectivity index (χ0) is 13.3. The number of hydrogen-bond donors (Lipinski definition) is 2. The van der Waals surface area contributed by atoms with Crippen molar-refractivity contribution in [2.45, 2.75) is 12.8 Å². The molecule has 1 aromatic carbocycles. The van der Waals surface area contributed by atoms with Gasteiger partial charge in [0.05, 0.1) is 21.4 Å². The third-order valence-corrected chi connectivity index (χ3v) is 4.03. The van der Waals surface area contributed by atoms with Crippen LogP contribution in [0.15, 0.2) is 12.1 Å². The number of nitrogen functional groups attached to an aromatic ring is 1. The fourth-order valence-corrected chi connectivity index (χ4v) is 2.56. The summed E-state index contributed by atoms with van der Waals surface area (Å²) in [6.45, 7) is 1.49. The zero-order valence-corrected chi connectivity index (χ0v) is 11.3. The van der Waals surface area contributed by atoms with Gasteiger partial charge in [-0.05, 0) is 25.0 Å². The molecule has 0 bridgehead atoms. The van der Waals surface area contributed by atoms with E-state index in [4.69, 9.17) is 34.7 Å². The van der Waals surface area contributed by atoms with Crippen LogP contribution in [0, 0.1) is 5.92 Å². The number of halogens is 2. The van der Waals surface area contributed by atoms with Gasteiger partial charge in [0, 0.05) is 19.0 Å². The molecule has 4 N–H and O–H groups in total. The topological polar surface area (TPSA) is 72.4 Å². The Balaban J connectivity index is 2.15. The van der Waals surface area contributed by atoms with Crippen molar-refractivity contribution in [3.8, 4) is 0 Å². The summed E-state index contributed by atoms with van der Waals surface area (Å²) in [6, 6.07) is 3.42. The summed E-state index contributed by atoms with van der Waals surface area (Å²) >= 11 is 11.9. The van der Waals surface area contributed by atoms with Crippen molar-refractivity contribution in [1.29, 1.82) is 0 Å². The second kappa shape index (κ2) is 5.24.